The molecule has 2 nitrogen and oxygen atoms in total. The van der Waals surface area contributed by atoms with Crippen molar-refractivity contribution in [1.82, 2.24) is 4.98 Å². The van der Waals surface area contributed by atoms with Gasteiger partial charge in [0.2, 0.25) is 0 Å². The SMILES string of the molecule is c1cc(NCC2CC2)c[nH]1. The Morgan fingerprint density at radius 1 is 1.60 bits per heavy atom. The van der Waals surface area contributed by atoms with Gasteiger partial charge in [-0.15, -0.1) is 0 Å². The van der Waals surface area contributed by atoms with Crippen molar-refractivity contribution in [2.75, 3.05) is 11.9 Å². The molecule has 2 rings (SSSR count). The second-order valence-corrected chi connectivity index (χ2v) is 2.92. The molecule has 0 radical (unpaired) electrons. The van der Waals surface area contributed by atoms with E-state index in [1.54, 1.807) is 0 Å². The van der Waals surface area contributed by atoms with Crippen LogP contribution < -0.4 is 5.32 Å². The fraction of sp³-hybridized carbons (Fsp3) is 0.500. The average molecular weight is 136 g/mol. The maximum absolute atomic E-state index is 3.36. The topological polar surface area (TPSA) is 27.8 Å². The first-order chi connectivity index (χ1) is 4.95. The summed E-state index contributed by atoms with van der Waals surface area (Å²) < 4.78 is 0. The van der Waals surface area contributed by atoms with E-state index in [0.29, 0.717) is 0 Å². The highest BCUT2D eigenvalue weighted by molar-refractivity contribution is 5.40. The molecule has 1 aliphatic rings. The van der Waals surface area contributed by atoms with E-state index in [1.165, 1.54) is 18.5 Å². The molecule has 0 aromatic carbocycles. The molecule has 1 heterocycles. The number of hydrogen-bond acceptors (Lipinski definition) is 1. The van der Waals surface area contributed by atoms with Crippen LogP contribution in [0.2, 0.25) is 0 Å². The lowest BCUT2D eigenvalue weighted by Crippen LogP contribution is -2.01. The van der Waals surface area contributed by atoms with E-state index in [0.717, 1.165) is 12.5 Å². The molecule has 0 saturated heterocycles. The van der Waals surface area contributed by atoms with Crippen molar-refractivity contribution in [1.29, 1.82) is 0 Å². The van der Waals surface area contributed by atoms with Crippen molar-refractivity contribution in [3.8, 4) is 0 Å². The lowest BCUT2D eigenvalue weighted by atomic mass is 10.4. The molecule has 1 aromatic heterocycles. The molecule has 1 aromatic rings. The number of H-pyrrole nitrogens is 1. The summed E-state index contributed by atoms with van der Waals surface area (Å²) in [6.07, 6.45) is 6.76. The van der Waals surface area contributed by atoms with Gasteiger partial charge in [-0.1, -0.05) is 0 Å². The van der Waals surface area contributed by atoms with Crippen LogP contribution in [0.3, 0.4) is 0 Å². The summed E-state index contributed by atoms with van der Waals surface area (Å²) in [6.45, 7) is 1.15. The van der Waals surface area contributed by atoms with Crippen molar-refractivity contribution >= 4 is 5.69 Å². The smallest absolute Gasteiger partial charge is 0.0517 e. The lowest BCUT2D eigenvalue weighted by molar-refractivity contribution is 0.889. The Morgan fingerprint density at radius 2 is 2.50 bits per heavy atom. The zero-order valence-electron chi connectivity index (χ0n) is 5.93. The number of aromatic amines is 1. The Bertz CT molecular complexity index is 187. The van der Waals surface area contributed by atoms with Gasteiger partial charge in [0.1, 0.15) is 0 Å². The van der Waals surface area contributed by atoms with Crippen LogP contribution in [0.25, 0.3) is 0 Å². The Hall–Kier alpha value is -0.920. The first-order valence-corrected chi connectivity index (χ1v) is 3.82. The van der Waals surface area contributed by atoms with Crippen LogP contribution >= 0.6 is 0 Å². The van der Waals surface area contributed by atoms with Gasteiger partial charge in [-0.2, -0.15) is 0 Å². The van der Waals surface area contributed by atoms with E-state index in [1.807, 2.05) is 12.4 Å². The van der Waals surface area contributed by atoms with E-state index in [9.17, 15) is 0 Å². The minimum atomic E-state index is 0.954. The van der Waals surface area contributed by atoms with Gasteiger partial charge >= 0.3 is 0 Å². The molecule has 0 atom stereocenters. The van der Waals surface area contributed by atoms with Crippen LogP contribution in [0, 0.1) is 5.92 Å². The molecule has 2 N–H and O–H groups in total. The van der Waals surface area contributed by atoms with Crippen LogP contribution in [0.5, 0.6) is 0 Å². The molecule has 0 bridgehead atoms. The third kappa shape index (κ3) is 1.32. The summed E-state index contributed by atoms with van der Waals surface area (Å²) in [5, 5.41) is 3.36. The molecule has 0 aliphatic heterocycles. The van der Waals surface area contributed by atoms with Crippen LogP contribution in [0.1, 0.15) is 12.8 Å². The quantitative estimate of drug-likeness (QED) is 0.652. The van der Waals surface area contributed by atoms with E-state index >= 15 is 0 Å². The van der Waals surface area contributed by atoms with Gasteiger partial charge in [0, 0.05) is 18.9 Å². The van der Waals surface area contributed by atoms with Gasteiger partial charge in [-0.05, 0) is 24.8 Å². The van der Waals surface area contributed by atoms with Crippen LogP contribution in [-0.4, -0.2) is 11.5 Å². The van der Waals surface area contributed by atoms with Crippen LogP contribution in [0.4, 0.5) is 5.69 Å². The zero-order chi connectivity index (χ0) is 6.81. The standard InChI is InChI=1S/C8H12N2/c1-2-7(1)5-10-8-3-4-9-6-8/h3-4,6-7,9-10H,1-2,5H2. The number of anilines is 1. The maximum atomic E-state index is 3.36. The minimum absolute atomic E-state index is 0.954. The highest BCUT2D eigenvalue weighted by Crippen LogP contribution is 2.28. The third-order valence-corrected chi connectivity index (χ3v) is 1.89. The molecule has 1 fully saturated rings. The minimum Gasteiger partial charge on any atom is -0.384 e. The second kappa shape index (κ2) is 2.37. The van der Waals surface area contributed by atoms with Gasteiger partial charge < -0.3 is 10.3 Å². The van der Waals surface area contributed by atoms with E-state index in [2.05, 4.69) is 16.4 Å². The monoisotopic (exact) mass is 136 g/mol. The highest BCUT2D eigenvalue weighted by atomic mass is 14.9. The molecule has 54 valence electrons. The Balaban J connectivity index is 1.79. The maximum Gasteiger partial charge on any atom is 0.0517 e. The molecular formula is C8H12N2. The van der Waals surface area contributed by atoms with Gasteiger partial charge in [0.05, 0.1) is 5.69 Å². The molecule has 1 saturated carbocycles. The molecule has 0 spiro atoms. The second-order valence-electron chi connectivity index (χ2n) is 2.92. The molecule has 1 aliphatic carbocycles. The van der Waals surface area contributed by atoms with Crippen molar-refractivity contribution in [3.05, 3.63) is 18.5 Å². The predicted molar refractivity (Wildman–Crippen MR) is 42.0 cm³/mol. The first kappa shape index (κ1) is 5.83. The van der Waals surface area contributed by atoms with Crippen molar-refractivity contribution in [2.24, 2.45) is 5.92 Å². The number of aromatic nitrogens is 1. The number of hydrogen-bond donors (Lipinski definition) is 2. The predicted octanol–water partition coefficient (Wildman–Crippen LogP) is 1.84. The Morgan fingerprint density at radius 3 is 3.10 bits per heavy atom. The summed E-state index contributed by atoms with van der Waals surface area (Å²) in [4.78, 5) is 3.01. The number of rotatable bonds is 3. The summed E-state index contributed by atoms with van der Waals surface area (Å²) in [5.74, 6) is 0.954. The summed E-state index contributed by atoms with van der Waals surface area (Å²) in [5.41, 5.74) is 1.21. The largest absolute Gasteiger partial charge is 0.384 e. The van der Waals surface area contributed by atoms with Crippen molar-refractivity contribution in [3.63, 3.8) is 0 Å². The molecule has 10 heavy (non-hydrogen) atoms. The average Bonchev–Trinajstić information content (AvgIpc) is 2.63. The lowest BCUT2D eigenvalue weighted by Gasteiger charge is -1.99. The zero-order valence-corrected chi connectivity index (χ0v) is 5.93. The normalized spacial score (nSPS) is 17.2. The summed E-state index contributed by atoms with van der Waals surface area (Å²) >= 11 is 0. The van der Waals surface area contributed by atoms with Gasteiger partial charge in [0.25, 0.3) is 0 Å². The van der Waals surface area contributed by atoms with E-state index in [-0.39, 0.29) is 0 Å². The van der Waals surface area contributed by atoms with E-state index < -0.39 is 0 Å². The van der Waals surface area contributed by atoms with Gasteiger partial charge in [0.15, 0.2) is 0 Å². The number of nitrogens with one attached hydrogen (secondary N) is 2. The Kier molecular flexibility index (Phi) is 1.38. The fourth-order valence-corrected chi connectivity index (χ4v) is 1.02. The van der Waals surface area contributed by atoms with Gasteiger partial charge in [-0.25, -0.2) is 0 Å². The summed E-state index contributed by atoms with van der Waals surface area (Å²) in [6, 6.07) is 2.06. The summed E-state index contributed by atoms with van der Waals surface area (Å²) in [7, 11) is 0. The Labute approximate surface area is 60.6 Å². The molecule has 0 unspecified atom stereocenters. The first-order valence-electron chi connectivity index (χ1n) is 3.82. The van der Waals surface area contributed by atoms with Crippen LogP contribution in [-0.2, 0) is 0 Å². The van der Waals surface area contributed by atoms with E-state index in [4.69, 9.17) is 0 Å². The van der Waals surface area contributed by atoms with Crippen LogP contribution in [0.15, 0.2) is 18.5 Å². The van der Waals surface area contributed by atoms with Gasteiger partial charge in [-0.3, -0.25) is 0 Å². The van der Waals surface area contributed by atoms with Crippen molar-refractivity contribution in [2.45, 2.75) is 12.8 Å². The van der Waals surface area contributed by atoms with Crippen molar-refractivity contribution < 1.29 is 0 Å². The third-order valence-electron chi connectivity index (χ3n) is 1.89. The molecule has 2 heteroatoms. The molecular weight excluding hydrogens is 124 g/mol. The highest BCUT2D eigenvalue weighted by Gasteiger charge is 2.20. The fourth-order valence-electron chi connectivity index (χ4n) is 1.02. The molecule has 0 amide bonds.